The minimum absolute atomic E-state index is 0.225. The molecule has 0 bridgehead atoms. The molecule has 1 aliphatic heterocycles. The minimum atomic E-state index is -0.824. The molecule has 1 nitrogen and oxygen atoms in total. The van der Waals surface area contributed by atoms with Crippen molar-refractivity contribution in [2.24, 2.45) is 0 Å². The molecule has 0 fully saturated rings. The molecule has 7 rings (SSSR count). The van der Waals surface area contributed by atoms with Crippen molar-refractivity contribution in [3.63, 3.8) is 0 Å². The lowest BCUT2D eigenvalue weighted by Gasteiger charge is -2.38. The van der Waals surface area contributed by atoms with Gasteiger partial charge in [-0.1, -0.05) is 185 Å². The fourth-order valence-electron chi connectivity index (χ4n) is 6.01. The smallest absolute Gasteiger partial charge is 0.139 e. The summed E-state index contributed by atoms with van der Waals surface area (Å²) in [7, 11) is -1.65. The van der Waals surface area contributed by atoms with Crippen LogP contribution in [0.1, 0.15) is 38.8 Å². The molecule has 0 saturated heterocycles. The largest absolute Gasteiger partial charge is 0.455 e. The minimum Gasteiger partial charge on any atom is -0.455 e. The zero-order valence-electron chi connectivity index (χ0n) is 25.8. The van der Waals surface area contributed by atoms with E-state index in [4.69, 9.17) is 4.74 Å². The Balaban J connectivity index is 0.00000168. The molecule has 1 aliphatic rings. The zero-order chi connectivity index (χ0) is 30.5. The highest BCUT2D eigenvalue weighted by atomic mass is 31.1. The van der Waals surface area contributed by atoms with Crippen LogP contribution in [0.3, 0.4) is 0 Å². The van der Waals surface area contributed by atoms with E-state index in [1.54, 1.807) is 0 Å². The van der Waals surface area contributed by atoms with Crippen molar-refractivity contribution in [3.05, 3.63) is 169 Å². The molecule has 0 spiro atoms. The molecule has 6 aromatic carbocycles. The van der Waals surface area contributed by atoms with Crippen molar-refractivity contribution in [3.8, 4) is 11.5 Å². The number of hydrogen-bond acceptors (Lipinski definition) is 1. The van der Waals surface area contributed by atoms with Crippen LogP contribution in [0.25, 0.3) is 0 Å². The summed E-state index contributed by atoms with van der Waals surface area (Å²) in [6.45, 7) is 8.70. The summed E-state index contributed by atoms with van der Waals surface area (Å²) < 4.78 is 7.26. The van der Waals surface area contributed by atoms with Gasteiger partial charge in [0.25, 0.3) is 0 Å². The molecular weight excluding hydrogens is 570 g/mol. The summed E-state index contributed by atoms with van der Waals surface area (Å²) in [6.07, 6.45) is 0. The predicted molar refractivity (Wildman–Crippen MR) is 194 cm³/mol. The lowest BCUT2D eigenvalue weighted by atomic mass is 9.76. The molecule has 0 amide bonds. The first-order valence-corrected chi connectivity index (χ1v) is 18.1. The Bertz CT molecular complexity index is 1600. The molecule has 44 heavy (non-hydrogen) atoms. The second-order valence-electron chi connectivity index (χ2n) is 11.0. The van der Waals surface area contributed by atoms with E-state index in [1.807, 2.05) is 13.8 Å². The van der Waals surface area contributed by atoms with Gasteiger partial charge in [-0.25, -0.2) is 0 Å². The predicted octanol–water partition coefficient (Wildman–Crippen LogP) is 8.66. The fourth-order valence-corrected chi connectivity index (χ4v) is 10.8. The summed E-state index contributed by atoms with van der Waals surface area (Å²) in [5.74, 6) is 2.02. The maximum atomic E-state index is 7.26. The lowest BCUT2D eigenvalue weighted by Crippen LogP contribution is -2.32. The first-order chi connectivity index (χ1) is 21.6. The first kappa shape index (κ1) is 30.0. The van der Waals surface area contributed by atoms with E-state index in [0.29, 0.717) is 0 Å². The fraction of sp³-hybridized carbons (Fsp3) is 0.122. The zero-order valence-corrected chi connectivity index (χ0v) is 27.6. The second kappa shape index (κ2) is 13.3. The first-order valence-electron chi connectivity index (χ1n) is 15.4. The average molecular weight is 609 g/mol. The maximum Gasteiger partial charge on any atom is 0.139 e. The molecule has 0 N–H and O–H groups in total. The van der Waals surface area contributed by atoms with Crippen LogP contribution >= 0.6 is 15.8 Å². The molecule has 0 radical (unpaired) electrons. The van der Waals surface area contributed by atoms with Gasteiger partial charge in [0.15, 0.2) is 0 Å². The molecular formula is C41H38OP2. The van der Waals surface area contributed by atoms with E-state index >= 15 is 0 Å². The maximum absolute atomic E-state index is 7.26. The standard InChI is InChI=1S/C39H32OP2.C2H6/c1-39(2)33-25-15-27-35(41(29-17-7-3-8-18-29)30-19-9-4-10-20-30)37(33)40-38-34(39)26-16-28-36(38)42(31-21-11-5-12-22-31)32-23-13-6-14-24-32;1-2/h3-28H,1-2H3;1-2H3. The Morgan fingerprint density at radius 1 is 0.386 bits per heavy atom. The number of rotatable bonds is 6. The highest BCUT2D eigenvalue weighted by Crippen LogP contribution is 2.52. The van der Waals surface area contributed by atoms with Gasteiger partial charge >= 0.3 is 0 Å². The lowest BCUT2D eigenvalue weighted by molar-refractivity contribution is 0.425. The van der Waals surface area contributed by atoms with E-state index in [-0.39, 0.29) is 5.41 Å². The Morgan fingerprint density at radius 2 is 0.682 bits per heavy atom. The molecule has 0 unspecified atom stereocenters. The second-order valence-corrected chi connectivity index (χ2v) is 15.4. The van der Waals surface area contributed by atoms with Gasteiger partial charge in [0.05, 0.1) is 0 Å². The van der Waals surface area contributed by atoms with Gasteiger partial charge in [-0.3, -0.25) is 0 Å². The third kappa shape index (κ3) is 5.64. The quantitative estimate of drug-likeness (QED) is 0.172. The van der Waals surface area contributed by atoms with Gasteiger partial charge in [0.2, 0.25) is 0 Å². The van der Waals surface area contributed by atoms with E-state index in [2.05, 4.69) is 172 Å². The highest BCUT2D eigenvalue weighted by Gasteiger charge is 2.39. The van der Waals surface area contributed by atoms with E-state index in [9.17, 15) is 0 Å². The summed E-state index contributed by atoms with van der Waals surface area (Å²) >= 11 is 0. The molecule has 0 aromatic heterocycles. The number of benzene rings is 6. The van der Waals surface area contributed by atoms with Gasteiger partial charge in [0.1, 0.15) is 11.5 Å². The van der Waals surface area contributed by atoms with Crippen LogP contribution in [0, 0.1) is 0 Å². The number of ether oxygens (including phenoxy) is 1. The van der Waals surface area contributed by atoms with Gasteiger partial charge in [0, 0.05) is 27.2 Å². The van der Waals surface area contributed by atoms with Crippen LogP contribution in [0.5, 0.6) is 11.5 Å². The monoisotopic (exact) mass is 608 g/mol. The van der Waals surface area contributed by atoms with Gasteiger partial charge in [-0.2, -0.15) is 0 Å². The van der Waals surface area contributed by atoms with E-state index in [0.717, 1.165) is 11.5 Å². The molecule has 3 heteroatoms. The van der Waals surface area contributed by atoms with Crippen molar-refractivity contribution >= 4 is 47.7 Å². The Morgan fingerprint density at radius 3 is 0.977 bits per heavy atom. The molecule has 0 atom stereocenters. The molecule has 0 saturated carbocycles. The van der Waals surface area contributed by atoms with Crippen molar-refractivity contribution in [1.29, 1.82) is 0 Å². The SMILES string of the molecule is CC.CC1(C)c2cccc(P(c3ccccc3)c3ccccc3)c2Oc2c(P(c3ccccc3)c3ccccc3)cccc21. The van der Waals surface area contributed by atoms with E-state index in [1.165, 1.54) is 43.0 Å². The molecule has 6 aromatic rings. The van der Waals surface area contributed by atoms with Gasteiger partial charge in [-0.05, 0) is 37.1 Å². The van der Waals surface area contributed by atoms with Crippen molar-refractivity contribution in [2.75, 3.05) is 0 Å². The van der Waals surface area contributed by atoms with Crippen LogP contribution in [0.2, 0.25) is 0 Å². The van der Waals surface area contributed by atoms with Gasteiger partial charge in [-0.15, -0.1) is 0 Å². The van der Waals surface area contributed by atoms with Crippen LogP contribution < -0.4 is 36.6 Å². The average Bonchev–Trinajstić information content (AvgIpc) is 3.09. The Hall–Kier alpha value is -4.02. The van der Waals surface area contributed by atoms with E-state index < -0.39 is 15.8 Å². The Labute approximate surface area is 265 Å². The number of fused-ring (bicyclic) bond motifs is 2. The summed E-state index contributed by atoms with van der Waals surface area (Å²) in [6, 6.07) is 57.2. The summed E-state index contributed by atoms with van der Waals surface area (Å²) in [4.78, 5) is 0. The van der Waals surface area contributed by atoms with Crippen LogP contribution in [-0.2, 0) is 5.41 Å². The van der Waals surface area contributed by atoms with Crippen LogP contribution in [0.4, 0.5) is 0 Å². The van der Waals surface area contributed by atoms with Crippen molar-refractivity contribution < 1.29 is 4.74 Å². The summed E-state index contributed by atoms with van der Waals surface area (Å²) in [5.41, 5.74) is 2.26. The summed E-state index contributed by atoms with van der Waals surface area (Å²) in [5, 5.41) is 7.81. The van der Waals surface area contributed by atoms with Crippen molar-refractivity contribution in [2.45, 2.75) is 33.1 Å². The topological polar surface area (TPSA) is 9.23 Å². The van der Waals surface area contributed by atoms with Crippen LogP contribution in [-0.4, -0.2) is 0 Å². The third-order valence-corrected chi connectivity index (χ3v) is 13.0. The number of hydrogen-bond donors (Lipinski definition) is 0. The molecule has 0 aliphatic carbocycles. The number of para-hydroxylation sites is 2. The molecule has 1 heterocycles. The van der Waals surface area contributed by atoms with Crippen molar-refractivity contribution in [1.82, 2.24) is 0 Å². The van der Waals surface area contributed by atoms with Gasteiger partial charge < -0.3 is 4.74 Å². The third-order valence-electron chi connectivity index (χ3n) is 8.08. The van der Waals surface area contributed by atoms with Crippen LogP contribution in [0.15, 0.2) is 158 Å². The normalized spacial score (nSPS) is 12.9. The Kier molecular flexibility index (Phi) is 9.09. The highest BCUT2D eigenvalue weighted by molar-refractivity contribution is 7.80. The molecule has 218 valence electrons.